The third-order valence-corrected chi connectivity index (χ3v) is 4.45. The van der Waals surface area contributed by atoms with E-state index in [-0.39, 0.29) is 12.0 Å². The Morgan fingerprint density at radius 1 is 1.39 bits per heavy atom. The van der Waals surface area contributed by atoms with E-state index in [9.17, 15) is 14.7 Å². The van der Waals surface area contributed by atoms with Crippen LogP contribution in [0.15, 0.2) is 30.5 Å². The van der Waals surface area contributed by atoms with Gasteiger partial charge >= 0.3 is 5.97 Å². The molecular weight excluding hydrogens is 296 g/mol. The zero-order valence-electron chi connectivity index (χ0n) is 13.0. The van der Waals surface area contributed by atoms with Crippen LogP contribution in [-0.4, -0.2) is 52.7 Å². The van der Waals surface area contributed by atoms with E-state index >= 15 is 0 Å². The molecule has 1 saturated heterocycles. The summed E-state index contributed by atoms with van der Waals surface area (Å²) in [5.74, 6) is -1.10. The van der Waals surface area contributed by atoms with Gasteiger partial charge < -0.3 is 19.7 Å². The Kier molecular flexibility index (Phi) is 4.34. The van der Waals surface area contributed by atoms with Gasteiger partial charge in [-0.3, -0.25) is 4.79 Å². The molecule has 122 valence electrons. The highest BCUT2D eigenvalue weighted by Gasteiger charge is 2.39. The van der Waals surface area contributed by atoms with Crippen molar-refractivity contribution in [3.8, 4) is 0 Å². The van der Waals surface area contributed by atoms with Crippen LogP contribution in [0.4, 0.5) is 0 Å². The van der Waals surface area contributed by atoms with E-state index in [1.54, 1.807) is 7.11 Å². The Labute approximate surface area is 134 Å². The number of amides is 1. The first-order valence-corrected chi connectivity index (χ1v) is 7.69. The Morgan fingerprint density at radius 3 is 2.96 bits per heavy atom. The van der Waals surface area contributed by atoms with E-state index in [0.717, 1.165) is 16.5 Å². The number of ether oxygens (including phenoxy) is 1. The molecule has 0 bridgehead atoms. The monoisotopic (exact) mass is 316 g/mol. The van der Waals surface area contributed by atoms with Crippen LogP contribution in [0.1, 0.15) is 18.4 Å². The molecule has 23 heavy (non-hydrogen) atoms. The van der Waals surface area contributed by atoms with Crippen molar-refractivity contribution >= 4 is 22.8 Å². The van der Waals surface area contributed by atoms with E-state index < -0.39 is 12.0 Å². The smallest absolute Gasteiger partial charge is 0.326 e. The van der Waals surface area contributed by atoms with Gasteiger partial charge in [-0.05, 0) is 35.6 Å². The van der Waals surface area contributed by atoms with Gasteiger partial charge in [0.05, 0.1) is 6.10 Å². The number of aryl methyl sites for hydroxylation is 1. The minimum atomic E-state index is -0.966. The highest BCUT2D eigenvalue weighted by atomic mass is 16.5. The van der Waals surface area contributed by atoms with Gasteiger partial charge in [0.25, 0.3) is 0 Å². The lowest BCUT2D eigenvalue weighted by molar-refractivity contribution is -0.148. The Bertz CT molecular complexity index is 724. The van der Waals surface area contributed by atoms with Gasteiger partial charge in [0, 0.05) is 38.2 Å². The lowest BCUT2D eigenvalue weighted by Gasteiger charge is -2.21. The summed E-state index contributed by atoms with van der Waals surface area (Å²) in [4.78, 5) is 28.3. The second-order valence-corrected chi connectivity index (χ2v) is 5.89. The number of carbonyl (C=O) groups excluding carboxylic acids is 1. The van der Waals surface area contributed by atoms with E-state index in [1.165, 1.54) is 4.90 Å². The quantitative estimate of drug-likeness (QED) is 0.881. The summed E-state index contributed by atoms with van der Waals surface area (Å²) in [6, 6.07) is 7.24. The Balaban J connectivity index is 1.64. The number of H-pyrrole nitrogens is 1. The summed E-state index contributed by atoms with van der Waals surface area (Å²) in [5.41, 5.74) is 2.13. The maximum absolute atomic E-state index is 12.4. The van der Waals surface area contributed by atoms with Gasteiger partial charge in [0.1, 0.15) is 6.04 Å². The van der Waals surface area contributed by atoms with Gasteiger partial charge in [-0.2, -0.15) is 0 Å². The highest BCUT2D eigenvalue weighted by Crippen LogP contribution is 2.22. The third-order valence-electron chi connectivity index (χ3n) is 4.45. The topological polar surface area (TPSA) is 82.6 Å². The Hall–Kier alpha value is -2.34. The number of hydrogen-bond acceptors (Lipinski definition) is 3. The maximum atomic E-state index is 12.4. The highest BCUT2D eigenvalue weighted by molar-refractivity contribution is 5.85. The summed E-state index contributed by atoms with van der Waals surface area (Å²) in [7, 11) is 1.55. The van der Waals surface area contributed by atoms with Crippen LogP contribution in [0.25, 0.3) is 10.9 Å². The summed E-state index contributed by atoms with van der Waals surface area (Å²) in [6.07, 6.45) is 2.94. The minimum Gasteiger partial charge on any atom is -0.480 e. The normalized spacial score (nSPS) is 21.0. The van der Waals surface area contributed by atoms with Crippen molar-refractivity contribution < 1.29 is 19.4 Å². The lowest BCUT2D eigenvalue weighted by atomic mass is 10.1. The van der Waals surface area contributed by atoms with Crippen molar-refractivity contribution in [3.05, 3.63) is 36.0 Å². The second-order valence-electron chi connectivity index (χ2n) is 5.89. The second kappa shape index (κ2) is 6.42. The minimum absolute atomic E-state index is 0.133. The van der Waals surface area contributed by atoms with Gasteiger partial charge in [-0.15, -0.1) is 0 Å². The van der Waals surface area contributed by atoms with Crippen LogP contribution in [0.3, 0.4) is 0 Å². The number of aliphatic carboxylic acids is 1. The fraction of sp³-hybridized carbons (Fsp3) is 0.412. The SMILES string of the molecule is COC1CC(C(=O)O)N(C(=O)CCc2ccc3[nH]ccc3c2)C1. The molecule has 6 nitrogen and oxygen atoms in total. The number of carbonyl (C=O) groups is 2. The van der Waals surface area contributed by atoms with Crippen molar-refractivity contribution in [2.24, 2.45) is 0 Å². The number of nitrogens with zero attached hydrogens (tertiary/aromatic N) is 1. The third kappa shape index (κ3) is 3.22. The molecular formula is C17H20N2O4. The molecule has 0 spiro atoms. The predicted octanol–water partition coefficient (Wildman–Crippen LogP) is 1.80. The van der Waals surface area contributed by atoms with E-state index in [1.807, 2.05) is 24.4 Å². The molecule has 2 N–H and O–H groups in total. The molecule has 2 atom stereocenters. The fourth-order valence-corrected chi connectivity index (χ4v) is 3.13. The van der Waals surface area contributed by atoms with Crippen LogP contribution in [-0.2, 0) is 20.7 Å². The fourth-order valence-electron chi connectivity index (χ4n) is 3.13. The number of fused-ring (bicyclic) bond motifs is 1. The molecule has 0 aliphatic carbocycles. The molecule has 2 aromatic rings. The first-order chi connectivity index (χ1) is 11.1. The molecule has 1 amide bonds. The molecule has 6 heteroatoms. The van der Waals surface area contributed by atoms with Gasteiger partial charge in [-0.25, -0.2) is 4.79 Å². The van der Waals surface area contributed by atoms with E-state index in [0.29, 0.717) is 25.8 Å². The number of rotatable bonds is 5. The van der Waals surface area contributed by atoms with E-state index in [4.69, 9.17) is 4.74 Å². The lowest BCUT2D eigenvalue weighted by Crippen LogP contribution is -2.40. The number of aromatic amines is 1. The molecule has 3 rings (SSSR count). The molecule has 2 unspecified atom stereocenters. The summed E-state index contributed by atoms with van der Waals surface area (Å²) in [6.45, 7) is 0.350. The predicted molar refractivity (Wildman–Crippen MR) is 85.2 cm³/mol. The molecule has 0 saturated carbocycles. The first kappa shape index (κ1) is 15.6. The van der Waals surface area contributed by atoms with Crippen molar-refractivity contribution in [2.75, 3.05) is 13.7 Å². The summed E-state index contributed by atoms with van der Waals surface area (Å²) < 4.78 is 5.21. The number of aromatic nitrogens is 1. The van der Waals surface area contributed by atoms with Gasteiger partial charge in [0.15, 0.2) is 0 Å². The molecule has 1 aromatic carbocycles. The average Bonchev–Trinajstić information content (AvgIpc) is 3.18. The molecule has 1 aliphatic rings. The zero-order chi connectivity index (χ0) is 16.4. The largest absolute Gasteiger partial charge is 0.480 e. The van der Waals surface area contributed by atoms with Crippen molar-refractivity contribution in [2.45, 2.75) is 31.4 Å². The molecule has 1 aliphatic heterocycles. The van der Waals surface area contributed by atoms with Gasteiger partial charge in [0.2, 0.25) is 5.91 Å². The maximum Gasteiger partial charge on any atom is 0.326 e. The molecule has 1 aromatic heterocycles. The molecule has 0 radical (unpaired) electrons. The van der Waals surface area contributed by atoms with E-state index in [2.05, 4.69) is 11.1 Å². The number of nitrogens with one attached hydrogen (secondary N) is 1. The molecule has 1 fully saturated rings. The van der Waals surface area contributed by atoms with Crippen LogP contribution < -0.4 is 0 Å². The number of hydrogen-bond donors (Lipinski definition) is 2. The van der Waals surface area contributed by atoms with Crippen LogP contribution in [0.2, 0.25) is 0 Å². The average molecular weight is 316 g/mol. The van der Waals surface area contributed by atoms with Crippen molar-refractivity contribution in [3.63, 3.8) is 0 Å². The zero-order valence-corrected chi connectivity index (χ0v) is 13.0. The Morgan fingerprint density at radius 2 is 2.22 bits per heavy atom. The van der Waals surface area contributed by atoms with Crippen molar-refractivity contribution in [1.29, 1.82) is 0 Å². The van der Waals surface area contributed by atoms with Crippen LogP contribution in [0, 0.1) is 0 Å². The summed E-state index contributed by atoms with van der Waals surface area (Å²) >= 11 is 0. The number of benzene rings is 1. The number of methoxy groups -OCH3 is 1. The number of likely N-dealkylation sites (tertiary alicyclic amines) is 1. The number of carboxylic acid groups (broad SMARTS) is 1. The van der Waals surface area contributed by atoms with Crippen LogP contribution >= 0.6 is 0 Å². The van der Waals surface area contributed by atoms with Crippen LogP contribution in [0.5, 0.6) is 0 Å². The van der Waals surface area contributed by atoms with Crippen molar-refractivity contribution in [1.82, 2.24) is 9.88 Å². The number of carboxylic acids is 1. The van der Waals surface area contributed by atoms with Gasteiger partial charge in [-0.1, -0.05) is 6.07 Å². The first-order valence-electron chi connectivity index (χ1n) is 7.69. The summed E-state index contributed by atoms with van der Waals surface area (Å²) in [5, 5.41) is 10.4. The molecule has 2 heterocycles. The standard InChI is InChI=1S/C17H20N2O4/c1-23-13-9-15(17(21)22)19(10-13)16(20)5-3-11-2-4-14-12(8-11)6-7-18-14/h2,4,6-8,13,15,18H,3,5,9-10H2,1H3,(H,21,22).